The number of carboxylic acid groups (broad SMARTS) is 1. The summed E-state index contributed by atoms with van der Waals surface area (Å²) in [5.41, 5.74) is 2.04. The highest BCUT2D eigenvalue weighted by atomic mass is 16.5. The molecule has 4 nitrogen and oxygen atoms in total. The van der Waals surface area contributed by atoms with Crippen molar-refractivity contribution in [1.29, 1.82) is 0 Å². The number of carbonyl (C=O) groups is 1. The molecule has 4 heteroatoms. The summed E-state index contributed by atoms with van der Waals surface area (Å²) < 4.78 is 10.5. The van der Waals surface area contributed by atoms with Crippen LogP contribution in [0.15, 0.2) is 12.1 Å². The van der Waals surface area contributed by atoms with Gasteiger partial charge in [0, 0.05) is 0 Å². The molecule has 0 fully saturated rings. The summed E-state index contributed by atoms with van der Waals surface area (Å²) in [6.07, 6.45) is 0.912. The first kappa shape index (κ1) is 14.4. The first-order valence-corrected chi connectivity index (χ1v) is 5.97. The minimum atomic E-state index is -0.781. The molecule has 1 rings (SSSR count). The lowest BCUT2D eigenvalue weighted by molar-refractivity contribution is -0.137. The Balaban J connectivity index is 3.18. The molecule has 0 aliphatic carbocycles. The molecule has 1 aromatic carbocycles. The topological polar surface area (TPSA) is 55.8 Å². The van der Waals surface area contributed by atoms with E-state index in [0.717, 1.165) is 17.5 Å². The molecule has 0 saturated carbocycles. The van der Waals surface area contributed by atoms with Crippen LogP contribution in [0.3, 0.4) is 0 Å². The fourth-order valence-electron chi connectivity index (χ4n) is 2.12. The van der Waals surface area contributed by atoms with Crippen molar-refractivity contribution in [2.75, 3.05) is 14.2 Å². The Morgan fingerprint density at radius 2 is 1.83 bits per heavy atom. The third-order valence-corrected chi connectivity index (χ3v) is 3.13. The SMILES string of the molecule is CCC(CC(=O)O)c1cc(OC)c(OC)cc1C. The van der Waals surface area contributed by atoms with Gasteiger partial charge < -0.3 is 14.6 Å². The normalized spacial score (nSPS) is 12.0. The number of ether oxygens (including phenoxy) is 2. The smallest absolute Gasteiger partial charge is 0.303 e. The lowest BCUT2D eigenvalue weighted by Crippen LogP contribution is -2.07. The molecule has 0 spiro atoms. The summed E-state index contributed by atoms with van der Waals surface area (Å²) in [5.74, 6) is 0.532. The van der Waals surface area contributed by atoms with E-state index in [0.29, 0.717) is 11.5 Å². The molecule has 100 valence electrons. The van der Waals surface area contributed by atoms with Crippen LogP contribution >= 0.6 is 0 Å². The van der Waals surface area contributed by atoms with Crippen LogP contribution in [0.25, 0.3) is 0 Å². The van der Waals surface area contributed by atoms with Gasteiger partial charge >= 0.3 is 5.97 Å². The highest BCUT2D eigenvalue weighted by molar-refractivity contribution is 5.68. The standard InChI is InChI=1S/C14H20O4/c1-5-10(7-14(15)16)11-8-13(18-4)12(17-3)6-9(11)2/h6,8,10H,5,7H2,1-4H3,(H,15,16). The van der Waals surface area contributed by atoms with E-state index in [2.05, 4.69) is 0 Å². The van der Waals surface area contributed by atoms with E-state index in [9.17, 15) is 4.79 Å². The number of benzene rings is 1. The molecule has 0 saturated heterocycles. The lowest BCUT2D eigenvalue weighted by atomic mass is 9.89. The van der Waals surface area contributed by atoms with Crippen LogP contribution in [-0.2, 0) is 4.79 Å². The Kier molecular flexibility index (Phi) is 5.01. The quantitative estimate of drug-likeness (QED) is 0.845. The summed E-state index contributed by atoms with van der Waals surface area (Å²) in [6, 6.07) is 3.77. The maximum atomic E-state index is 10.9. The summed E-state index contributed by atoms with van der Waals surface area (Å²) in [7, 11) is 3.17. The third-order valence-electron chi connectivity index (χ3n) is 3.13. The van der Waals surface area contributed by atoms with Gasteiger partial charge in [-0.3, -0.25) is 4.79 Å². The fraction of sp³-hybridized carbons (Fsp3) is 0.500. The second-order valence-electron chi connectivity index (χ2n) is 4.27. The Morgan fingerprint density at radius 1 is 1.28 bits per heavy atom. The van der Waals surface area contributed by atoms with Crippen LogP contribution in [0.5, 0.6) is 11.5 Å². The Labute approximate surface area is 108 Å². The number of methoxy groups -OCH3 is 2. The zero-order valence-corrected chi connectivity index (χ0v) is 11.3. The van der Waals surface area contributed by atoms with Crippen LogP contribution in [0.1, 0.15) is 36.8 Å². The molecular formula is C14H20O4. The number of hydrogen-bond donors (Lipinski definition) is 1. The molecule has 1 aromatic rings. The molecule has 18 heavy (non-hydrogen) atoms. The molecule has 0 aliphatic rings. The first-order chi connectivity index (χ1) is 8.53. The molecule has 0 amide bonds. The minimum absolute atomic E-state index is 0.00214. The van der Waals surface area contributed by atoms with Crippen LogP contribution in [-0.4, -0.2) is 25.3 Å². The van der Waals surface area contributed by atoms with Crippen molar-refractivity contribution in [3.63, 3.8) is 0 Å². The van der Waals surface area contributed by atoms with E-state index < -0.39 is 5.97 Å². The van der Waals surface area contributed by atoms with E-state index in [4.69, 9.17) is 14.6 Å². The zero-order valence-electron chi connectivity index (χ0n) is 11.3. The minimum Gasteiger partial charge on any atom is -0.493 e. The van der Waals surface area contributed by atoms with E-state index in [1.807, 2.05) is 26.0 Å². The number of rotatable bonds is 6. The number of carboxylic acids is 1. The van der Waals surface area contributed by atoms with E-state index >= 15 is 0 Å². The first-order valence-electron chi connectivity index (χ1n) is 5.97. The van der Waals surface area contributed by atoms with Gasteiger partial charge in [0.15, 0.2) is 11.5 Å². The maximum Gasteiger partial charge on any atom is 0.303 e. The molecule has 0 bridgehead atoms. The molecule has 0 heterocycles. The van der Waals surface area contributed by atoms with Crippen LogP contribution < -0.4 is 9.47 Å². The monoisotopic (exact) mass is 252 g/mol. The Bertz CT molecular complexity index is 426. The van der Waals surface area contributed by atoms with Gasteiger partial charge in [-0.1, -0.05) is 6.92 Å². The van der Waals surface area contributed by atoms with Crippen LogP contribution in [0, 0.1) is 6.92 Å². The number of aliphatic carboxylic acids is 1. The zero-order chi connectivity index (χ0) is 13.7. The molecule has 1 N–H and O–H groups in total. The molecule has 1 atom stereocenters. The summed E-state index contributed by atoms with van der Waals surface area (Å²) in [5, 5.41) is 8.94. The second-order valence-corrected chi connectivity index (χ2v) is 4.27. The molecule has 0 aliphatic heterocycles. The van der Waals surface area contributed by atoms with Gasteiger partial charge in [-0.05, 0) is 42.5 Å². The molecule has 0 aromatic heterocycles. The largest absolute Gasteiger partial charge is 0.493 e. The molecular weight excluding hydrogens is 232 g/mol. The molecule has 1 unspecified atom stereocenters. The van der Waals surface area contributed by atoms with Crippen LogP contribution in [0.4, 0.5) is 0 Å². The summed E-state index contributed by atoms with van der Waals surface area (Å²) in [4.78, 5) is 10.9. The highest BCUT2D eigenvalue weighted by Gasteiger charge is 2.18. The van der Waals surface area contributed by atoms with Gasteiger partial charge in [0.1, 0.15) is 0 Å². The van der Waals surface area contributed by atoms with Crippen molar-refractivity contribution >= 4 is 5.97 Å². The van der Waals surface area contributed by atoms with E-state index in [1.54, 1.807) is 14.2 Å². The maximum absolute atomic E-state index is 10.9. The average Bonchev–Trinajstić information content (AvgIpc) is 2.35. The predicted octanol–water partition coefficient (Wildman–Crippen LogP) is 2.98. The molecule has 0 radical (unpaired) electrons. The summed E-state index contributed by atoms with van der Waals surface area (Å²) >= 11 is 0. The highest BCUT2D eigenvalue weighted by Crippen LogP contribution is 2.35. The number of hydrogen-bond acceptors (Lipinski definition) is 3. The second kappa shape index (κ2) is 6.28. The van der Waals surface area contributed by atoms with Crippen molar-refractivity contribution in [3.8, 4) is 11.5 Å². The van der Waals surface area contributed by atoms with Gasteiger partial charge in [-0.25, -0.2) is 0 Å². The van der Waals surface area contributed by atoms with Gasteiger partial charge in [0.25, 0.3) is 0 Å². The van der Waals surface area contributed by atoms with Crippen molar-refractivity contribution in [2.24, 2.45) is 0 Å². The summed E-state index contributed by atoms with van der Waals surface area (Å²) in [6.45, 7) is 3.95. The van der Waals surface area contributed by atoms with E-state index in [1.165, 1.54) is 0 Å². The number of aryl methyl sites for hydroxylation is 1. The Morgan fingerprint density at radius 3 is 2.28 bits per heavy atom. The fourth-order valence-corrected chi connectivity index (χ4v) is 2.12. The van der Waals surface area contributed by atoms with Crippen molar-refractivity contribution < 1.29 is 19.4 Å². The third kappa shape index (κ3) is 3.15. The lowest BCUT2D eigenvalue weighted by Gasteiger charge is -2.18. The van der Waals surface area contributed by atoms with Crippen molar-refractivity contribution in [3.05, 3.63) is 23.3 Å². The van der Waals surface area contributed by atoms with E-state index in [-0.39, 0.29) is 12.3 Å². The van der Waals surface area contributed by atoms with Gasteiger partial charge in [0.2, 0.25) is 0 Å². The predicted molar refractivity (Wildman–Crippen MR) is 69.6 cm³/mol. The van der Waals surface area contributed by atoms with Crippen molar-refractivity contribution in [1.82, 2.24) is 0 Å². The Hall–Kier alpha value is -1.71. The average molecular weight is 252 g/mol. The van der Waals surface area contributed by atoms with Gasteiger partial charge in [-0.15, -0.1) is 0 Å². The van der Waals surface area contributed by atoms with Gasteiger partial charge in [0.05, 0.1) is 20.6 Å². The van der Waals surface area contributed by atoms with Crippen LogP contribution in [0.2, 0.25) is 0 Å². The van der Waals surface area contributed by atoms with Crippen molar-refractivity contribution in [2.45, 2.75) is 32.6 Å². The van der Waals surface area contributed by atoms with Gasteiger partial charge in [-0.2, -0.15) is 0 Å².